The van der Waals surface area contributed by atoms with Gasteiger partial charge in [0.2, 0.25) is 5.89 Å². The predicted molar refractivity (Wildman–Crippen MR) is 78.8 cm³/mol. The highest BCUT2D eigenvalue weighted by Crippen LogP contribution is 2.38. The highest BCUT2D eigenvalue weighted by molar-refractivity contribution is 7.13. The molecule has 1 saturated carbocycles. The zero-order valence-corrected chi connectivity index (χ0v) is 12.5. The number of hydrogen-bond donors (Lipinski definition) is 1. The molecule has 3 aromatic heterocycles. The van der Waals surface area contributed by atoms with Gasteiger partial charge in [0.1, 0.15) is 5.76 Å². The van der Waals surface area contributed by atoms with E-state index in [1.807, 2.05) is 17.5 Å². The number of carbonyl (C=O) groups excluding carboxylic acids is 1. The quantitative estimate of drug-likeness (QED) is 0.794. The van der Waals surface area contributed by atoms with Crippen molar-refractivity contribution >= 4 is 23.3 Å². The van der Waals surface area contributed by atoms with Crippen molar-refractivity contribution in [2.45, 2.75) is 25.7 Å². The molecule has 0 saturated heterocycles. The van der Waals surface area contributed by atoms with Crippen LogP contribution in [0.25, 0.3) is 10.8 Å². The van der Waals surface area contributed by atoms with Gasteiger partial charge in [0.25, 0.3) is 5.91 Å². The Morgan fingerprint density at radius 2 is 2.27 bits per heavy atom. The van der Waals surface area contributed by atoms with Crippen molar-refractivity contribution < 1.29 is 13.7 Å². The predicted octanol–water partition coefficient (Wildman–Crippen LogP) is 3.22. The fourth-order valence-corrected chi connectivity index (χ4v) is 2.71. The van der Waals surface area contributed by atoms with Crippen LogP contribution in [-0.4, -0.2) is 21.0 Å². The zero-order valence-electron chi connectivity index (χ0n) is 11.7. The molecule has 22 heavy (non-hydrogen) atoms. The fraction of sp³-hybridized carbons (Fsp3) is 0.286. The van der Waals surface area contributed by atoms with Gasteiger partial charge in [-0.3, -0.25) is 10.1 Å². The van der Waals surface area contributed by atoms with Crippen molar-refractivity contribution in [1.82, 2.24) is 15.1 Å². The van der Waals surface area contributed by atoms with Crippen LogP contribution in [0.4, 0.5) is 6.01 Å². The van der Waals surface area contributed by atoms with Gasteiger partial charge in [0.05, 0.1) is 4.88 Å². The van der Waals surface area contributed by atoms with Crippen molar-refractivity contribution in [3.05, 3.63) is 34.8 Å². The van der Waals surface area contributed by atoms with Gasteiger partial charge in [-0.2, -0.15) is 4.98 Å². The first-order valence-corrected chi connectivity index (χ1v) is 7.75. The second kappa shape index (κ2) is 5.06. The summed E-state index contributed by atoms with van der Waals surface area (Å²) in [7, 11) is 0. The van der Waals surface area contributed by atoms with Crippen molar-refractivity contribution in [2.75, 3.05) is 5.32 Å². The number of nitrogens with one attached hydrogen (secondary N) is 1. The molecule has 3 heterocycles. The minimum atomic E-state index is -0.421. The van der Waals surface area contributed by atoms with Crippen LogP contribution in [-0.2, 0) is 0 Å². The van der Waals surface area contributed by atoms with Gasteiger partial charge in [-0.25, -0.2) is 4.98 Å². The first-order chi connectivity index (χ1) is 10.7. The van der Waals surface area contributed by atoms with E-state index >= 15 is 0 Å². The van der Waals surface area contributed by atoms with Gasteiger partial charge in [-0.05, 0) is 31.2 Å². The number of carbonyl (C=O) groups is 1. The number of amides is 1. The van der Waals surface area contributed by atoms with Crippen LogP contribution in [0.3, 0.4) is 0 Å². The molecule has 1 amide bonds. The lowest BCUT2D eigenvalue weighted by Crippen LogP contribution is -2.13. The molecule has 0 aromatic carbocycles. The second-order valence-corrected chi connectivity index (χ2v) is 6.03. The maximum atomic E-state index is 12.3. The van der Waals surface area contributed by atoms with E-state index in [9.17, 15) is 4.79 Å². The highest BCUT2D eigenvalue weighted by atomic mass is 32.1. The van der Waals surface area contributed by atoms with E-state index < -0.39 is 5.91 Å². The Bertz CT molecular complexity index is 817. The third-order valence-electron chi connectivity index (χ3n) is 3.35. The highest BCUT2D eigenvalue weighted by Gasteiger charge is 2.29. The lowest BCUT2D eigenvalue weighted by atomic mass is 10.3. The maximum absolute atomic E-state index is 12.3. The molecule has 1 aliphatic rings. The Kier molecular flexibility index (Phi) is 3.04. The molecule has 0 spiro atoms. The Hall–Kier alpha value is -2.48. The average Bonchev–Trinajstić information content (AvgIpc) is 2.94. The topological polar surface area (TPSA) is 94.1 Å². The summed E-state index contributed by atoms with van der Waals surface area (Å²) in [5, 5.41) is 8.34. The van der Waals surface area contributed by atoms with Crippen molar-refractivity contribution in [2.24, 2.45) is 0 Å². The molecule has 1 fully saturated rings. The zero-order chi connectivity index (χ0) is 15.1. The SMILES string of the molecule is Cc1oc(-c2cccs2)nc1C(=O)Nc1nc(C2CC2)no1. The van der Waals surface area contributed by atoms with Crippen LogP contribution < -0.4 is 5.32 Å². The summed E-state index contributed by atoms with van der Waals surface area (Å²) in [6.45, 7) is 1.70. The molecule has 0 radical (unpaired) electrons. The van der Waals surface area contributed by atoms with Crippen molar-refractivity contribution in [3.8, 4) is 10.8 Å². The van der Waals surface area contributed by atoms with Crippen molar-refractivity contribution in [3.63, 3.8) is 0 Å². The monoisotopic (exact) mass is 316 g/mol. The summed E-state index contributed by atoms with van der Waals surface area (Å²) in [6, 6.07) is 3.88. The van der Waals surface area contributed by atoms with E-state index in [2.05, 4.69) is 20.4 Å². The summed E-state index contributed by atoms with van der Waals surface area (Å²) in [6.07, 6.45) is 2.14. The molecule has 3 aromatic rings. The Morgan fingerprint density at radius 1 is 1.41 bits per heavy atom. The molecular weight excluding hydrogens is 304 g/mol. The summed E-state index contributed by atoms with van der Waals surface area (Å²) < 4.78 is 10.6. The van der Waals surface area contributed by atoms with Gasteiger partial charge in [0.15, 0.2) is 11.5 Å². The molecule has 1 N–H and O–H groups in total. The number of aromatic nitrogens is 3. The third kappa shape index (κ3) is 2.41. The number of anilines is 1. The number of thiophene rings is 1. The minimum absolute atomic E-state index is 0.0898. The van der Waals surface area contributed by atoms with E-state index in [0.717, 1.165) is 17.7 Å². The number of aryl methyl sites for hydroxylation is 1. The molecule has 4 rings (SSSR count). The van der Waals surface area contributed by atoms with Crippen molar-refractivity contribution in [1.29, 1.82) is 0 Å². The summed E-state index contributed by atoms with van der Waals surface area (Å²) in [5.74, 6) is 1.47. The molecule has 0 atom stereocenters. The Balaban J connectivity index is 1.54. The van der Waals surface area contributed by atoms with E-state index in [1.165, 1.54) is 11.3 Å². The molecule has 7 nitrogen and oxygen atoms in total. The molecule has 8 heteroatoms. The summed E-state index contributed by atoms with van der Waals surface area (Å²) in [4.78, 5) is 21.5. The molecular formula is C14H12N4O3S. The third-order valence-corrected chi connectivity index (χ3v) is 4.21. The van der Waals surface area contributed by atoms with Crippen LogP contribution >= 0.6 is 11.3 Å². The molecule has 0 aliphatic heterocycles. The molecule has 1 aliphatic carbocycles. The van der Waals surface area contributed by atoms with E-state index in [1.54, 1.807) is 6.92 Å². The van der Waals surface area contributed by atoms with Gasteiger partial charge in [0, 0.05) is 5.92 Å². The lowest BCUT2D eigenvalue weighted by Gasteiger charge is -1.95. The van der Waals surface area contributed by atoms with Crippen LogP contribution in [0, 0.1) is 6.92 Å². The average molecular weight is 316 g/mol. The molecule has 0 unspecified atom stereocenters. The number of nitrogens with zero attached hydrogens (tertiary/aromatic N) is 3. The fourth-order valence-electron chi connectivity index (χ4n) is 2.06. The smallest absolute Gasteiger partial charge is 0.328 e. The molecule has 0 bridgehead atoms. The first kappa shape index (κ1) is 13.2. The summed E-state index contributed by atoms with van der Waals surface area (Å²) >= 11 is 1.50. The minimum Gasteiger partial charge on any atom is -0.440 e. The van der Waals surface area contributed by atoms with Gasteiger partial charge in [-0.15, -0.1) is 11.3 Å². The van der Waals surface area contributed by atoms with E-state index in [4.69, 9.17) is 8.94 Å². The van der Waals surface area contributed by atoms with Crippen LogP contribution in [0.15, 0.2) is 26.5 Å². The molecule has 112 valence electrons. The Labute approximate surface area is 129 Å². The van der Waals surface area contributed by atoms with E-state index in [-0.39, 0.29) is 11.7 Å². The summed E-state index contributed by atoms with van der Waals surface area (Å²) in [5.41, 5.74) is 0.217. The first-order valence-electron chi connectivity index (χ1n) is 6.87. The number of hydrogen-bond acceptors (Lipinski definition) is 7. The lowest BCUT2D eigenvalue weighted by molar-refractivity contribution is 0.101. The van der Waals surface area contributed by atoms with Gasteiger partial charge < -0.3 is 8.94 Å². The standard InChI is InChI=1S/C14H12N4O3S/c1-7-10(15-13(20-7)9-3-2-6-22-9)12(19)17-14-16-11(18-21-14)8-4-5-8/h2-3,6,8H,4-5H2,1H3,(H,16,17,18,19). The van der Waals surface area contributed by atoms with E-state index in [0.29, 0.717) is 23.4 Å². The van der Waals surface area contributed by atoms with Crippen LogP contribution in [0.5, 0.6) is 0 Å². The second-order valence-electron chi connectivity index (χ2n) is 5.09. The normalized spacial score (nSPS) is 14.2. The van der Waals surface area contributed by atoms with Crippen LogP contribution in [0.2, 0.25) is 0 Å². The van der Waals surface area contributed by atoms with Crippen LogP contribution in [0.1, 0.15) is 40.8 Å². The number of rotatable bonds is 4. The van der Waals surface area contributed by atoms with Gasteiger partial charge >= 0.3 is 6.01 Å². The Morgan fingerprint density at radius 3 is 3.00 bits per heavy atom. The maximum Gasteiger partial charge on any atom is 0.328 e. The van der Waals surface area contributed by atoms with Gasteiger partial charge in [-0.1, -0.05) is 11.2 Å². The number of oxazole rings is 1. The largest absolute Gasteiger partial charge is 0.440 e.